The van der Waals surface area contributed by atoms with Gasteiger partial charge in [0.1, 0.15) is 0 Å². The number of benzene rings is 1. The van der Waals surface area contributed by atoms with E-state index in [1.54, 1.807) is 6.92 Å². The second-order valence-electron chi connectivity index (χ2n) is 5.34. The fraction of sp³-hybridized carbons (Fsp3) is 0.600. The molecule has 20 heavy (non-hydrogen) atoms. The van der Waals surface area contributed by atoms with Crippen LogP contribution in [0.4, 0.5) is 8.78 Å². The molecule has 0 saturated carbocycles. The summed E-state index contributed by atoms with van der Waals surface area (Å²) >= 11 is 0. The zero-order chi connectivity index (χ0) is 14.5. The van der Waals surface area contributed by atoms with Crippen LogP contribution in [0.5, 0.6) is 5.75 Å². The van der Waals surface area contributed by atoms with E-state index >= 15 is 0 Å². The molecule has 2 unspecified atom stereocenters. The smallest absolute Gasteiger partial charge is 0.190 e. The Hall–Kier alpha value is -1.20. The van der Waals surface area contributed by atoms with Crippen LogP contribution in [0.1, 0.15) is 31.7 Å². The van der Waals surface area contributed by atoms with E-state index in [1.165, 1.54) is 12.1 Å². The maximum atomic E-state index is 13.8. The van der Waals surface area contributed by atoms with Gasteiger partial charge in [-0.15, -0.1) is 0 Å². The van der Waals surface area contributed by atoms with Gasteiger partial charge in [-0.2, -0.15) is 0 Å². The van der Waals surface area contributed by atoms with Crippen LogP contribution in [0.25, 0.3) is 0 Å². The van der Waals surface area contributed by atoms with Gasteiger partial charge >= 0.3 is 0 Å². The molecule has 2 atom stereocenters. The Labute approximate surface area is 118 Å². The Morgan fingerprint density at radius 2 is 2.10 bits per heavy atom. The number of nitrogens with two attached hydrogens (primary N) is 1. The van der Waals surface area contributed by atoms with Crippen molar-refractivity contribution in [3.8, 4) is 5.75 Å². The molecule has 0 aromatic heterocycles. The summed E-state index contributed by atoms with van der Waals surface area (Å²) in [4.78, 5) is 0. The van der Waals surface area contributed by atoms with Crippen molar-refractivity contribution in [2.75, 3.05) is 13.2 Å². The predicted octanol–water partition coefficient (Wildman–Crippen LogP) is 2.80. The average molecular weight is 285 g/mol. The maximum Gasteiger partial charge on any atom is 0.190 e. The first-order valence-corrected chi connectivity index (χ1v) is 7.04. The summed E-state index contributed by atoms with van der Waals surface area (Å²) in [6.07, 6.45) is 3.27. The monoisotopic (exact) mass is 285 g/mol. The number of halogens is 2. The van der Waals surface area contributed by atoms with Gasteiger partial charge in [0, 0.05) is 19.1 Å². The van der Waals surface area contributed by atoms with E-state index in [4.69, 9.17) is 15.2 Å². The fourth-order valence-electron chi connectivity index (χ4n) is 2.40. The Balaban J connectivity index is 1.93. The van der Waals surface area contributed by atoms with Crippen molar-refractivity contribution < 1.29 is 18.3 Å². The highest BCUT2D eigenvalue weighted by atomic mass is 19.1. The first-order chi connectivity index (χ1) is 9.56. The minimum absolute atomic E-state index is 0.139. The summed E-state index contributed by atoms with van der Waals surface area (Å²) < 4.78 is 38.3. The second-order valence-corrected chi connectivity index (χ2v) is 5.34. The van der Waals surface area contributed by atoms with E-state index in [-0.39, 0.29) is 24.5 Å². The summed E-state index contributed by atoms with van der Waals surface area (Å²) in [5.41, 5.74) is 6.17. The molecular weight excluding hydrogens is 264 g/mol. The molecular formula is C15H21F2NO2. The van der Waals surface area contributed by atoms with Gasteiger partial charge in [-0.25, -0.2) is 8.78 Å². The predicted molar refractivity (Wildman–Crippen MR) is 72.8 cm³/mol. The molecule has 1 aliphatic rings. The van der Waals surface area contributed by atoms with Crippen LogP contribution in [0.2, 0.25) is 0 Å². The van der Waals surface area contributed by atoms with Crippen LogP contribution >= 0.6 is 0 Å². The molecule has 112 valence electrons. The van der Waals surface area contributed by atoms with Crippen molar-refractivity contribution in [2.45, 2.75) is 44.8 Å². The van der Waals surface area contributed by atoms with Gasteiger partial charge in [-0.05, 0) is 43.9 Å². The van der Waals surface area contributed by atoms with Crippen molar-refractivity contribution in [2.24, 2.45) is 5.73 Å². The van der Waals surface area contributed by atoms with E-state index in [2.05, 4.69) is 0 Å². The van der Waals surface area contributed by atoms with Crippen molar-refractivity contribution in [3.63, 3.8) is 0 Å². The highest BCUT2D eigenvalue weighted by Crippen LogP contribution is 2.25. The molecule has 0 bridgehead atoms. The van der Waals surface area contributed by atoms with Gasteiger partial charge in [0.05, 0.1) is 12.7 Å². The van der Waals surface area contributed by atoms with Gasteiger partial charge in [0.2, 0.25) is 0 Å². The third kappa shape index (κ3) is 4.15. The minimum atomic E-state index is -0.673. The fourth-order valence-corrected chi connectivity index (χ4v) is 2.40. The van der Waals surface area contributed by atoms with Crippen LogP contribution in [-0.4, -0.2) is 25.4 Å². The van der Waals surface area contributed by atoms with Gasteiger partial charge in [-0.1, -0.05) is 0 Å². The molecule has 1 aromatic carbocycles. The molecule has 3 nitrogen and oxygen atoms in total. The Morgan fingerprint density at radius 3 is 2.65 bits per heavy atom. The molecule has 2 N–H and O–H groups in total. The van der Waals surface area contributed by atoms with Gasteiger partial charge in [-0.3, -0.25) is 0 Å². The highest BCUT2D eigenvalue weighted by molar-refractivity contribution is 5.31. The number of rotatable bonds is 6. The highest BCUT2D eigenvalue weighted by Gasteiger charge is 2.17. The summed E-state index contributed by atoms with van der Waals surface area (Å²) in [6, 6.07) is 2.43. The standard InChI is InChI=1S/C15H21F2NO2/c1-10(18)7-11-8-13(16)15(14(17)9-11)20-6-4-12-3-2-5-19-12/h8-10,12H,2-7,18H2,1H3. The molecule has 1 aliphatic heterocycles. The van der Waals surface area contributed by atoms with E-state index in [0.717, 1.165) is 19.4 Å². The molecule has 1 saturated heterocycles. The van der Waals surface area contributed by atoms with Gasteiger partial charge in [0.15, 0.2) is 17.4 Å². The first kappa shape index (κ1) is 15.2. The lowest BCUT2D eigenvalue weighted by molar-refractivity contribution is 0.0890. The molecule has 0 spiro atoms. The van der Waals surface area contributed by atoms with Crippen LogP contribution in [0.15, 0.2) is 12.1 Å². The van der Waals surface area contributed by atoms with E-state index < -0.39 is 11.6 Å². The Morgan fingerprint density at radius 1 is 1.40 bits per heavy atom. The maximum absolute atomic E-state index is 13.8. The molecule has 0 amide bonds. The largest absolute Gasteiger partial charge is 0.488 e. The third-order valence-corrected chi connectivity index (χ3v) is 3.33. The van der Waals surface area contributed by atoms with E-state index in [0.29, 0.717) is 18.4 Å². The van der Waals surface area contributed by atoms with Gasteiger partial charge in [0.25, 0.3) is 0 Å². The molecule has 0 radical (unpaired) electrons. The summed E-state index contributed by atoms with van der Waals surface area (Å²) in [5.74, 6) is -1.66. The van der Waals surface area contributed by atoms with Crippen molar-refractivity contribution >= 4 is 0 Å². The van der Waals surface area contributed by atoms with E-state index in [1.807, 2.05) is 0 Å². The molecule has 2 rings (SSSR count). The van der Waals surface area contributed by atoms with Gasteiger partial charge < -0.3 is 15.2 Å². The zero-order valence-electron chi connectivity index (χ0n) is 11.7. The third-order valence-electron chi connectivity index (χ3n) is 3.33. The normalized spacial score (nSPS) is 20.1. The summed E-state index contributed by atoms with van der Waals surface area (Å²) in [6.45, 7) is 2.81. The number of ether oxygens (including phenoxy) is 2. The lowest BCUT2D eigenvalue weighted by Crippen LogP contribution is -2.18. The Kier molecular flexibility index (Phi) is 5.31. The molecule has 5 heteroatoms. The first-order valence-electron chi connectivity index (χ1n) is 7.04. The van der Waals surface area contributed by atoms with Crippen LogP contribution in [0, 0.1) is 11.6 Å². The topological polar surface area (TPSA) is 44.5 Å². The van der Waals surface area contributed by atoms with Crippen molar-refractivity contribution in [3.05, 3.63) is 29.3 Å². The van der Waals surface area contributed by atoms with Crippen LogP contribution in [0.3, 0.4) is 0 Å². The minimum Gasteiger partial charge on any atom is -0.488 e. The van der Waals surface area contributed by atoms with Crippen LogP contribution < -0.4 is 10.5 Å². The molecule has 0 aliphatic carbocycles. The Bertz CT molecular complexity index is 422. The molecule has 1 aromatic rings. The average Bonchev–Trinajstić information content (AvgIpc) is 2.84. The number of hydrogen-bond donors (Lipinski definition) is 1. The van der Waals surface area contributed by atoms with E-state index in [9.17, 15) is 8.78 Å². The second kappa shape index (κ2) is 6.99. The number of hydrogen-bond acceptors (Lipinski definition) is 3. The van der Waals surface area contributed by atoms with Crippen molar-refractivity contribution in [1.82, 2.24) is 0 Å². The van der Waals surface area contributed by atoms with Crippen LogP contribution in [-0.2, 0) is 11.2 Å². The summed E-state index contributed by atoms with van der Waals surface area (Å²) in [5, 5.41) is 0. The summed E-state index contributed by atoms with van der Waals surface area (Å²) in [7, 11) is 0. The van der Waals surface area contributed by atoms with Crippen molar-refractivity contribution in [1.29, 1.82) is 0 Å². The zero-order valence-corrected chi connectivity index (χ0v) is 11.7. The lowest BCUT2D eigenvalue weighted by atomic mass is 10.1. The SMILES string of the molecule is CC(N)Cc1cc(F)c(OCCC2CCCO2)c(F)c1. The molecule has 1 fully saturated rings. The quantitative estimate of drug-likeness (QED) is 0.874. The lowest BCUT2D eigenvalue weighted by Gasteiger charge is -2.13. The molecule has 1 heterocycles.